The molecule has 0 aliphatic heterocycles. The number of pyridine rings is 1. The van der Waals surface area contributed by atoms with Crippen molar-refractivity contribution >= 4 is 36.4 Å². The second kappa shape index (κ2) is 14.1. The van der Waals surface area contributed by atoms with Gasteiger partial charge in [-0.15, -0.1) is 0 Å². The largest absolute Gasteiger partial charge is 0.469 e. The number of unbranched alkanes of at least 4 members (excludes halogenated alkanes) is 1. The summed E-state index contributed by atoms with van der Waals surface area (Å²) in [6, 6.07) is 12.0. The number of fused-ring (bicyclic) bond motifs is 1. The Bertz CT molecular complexity index is 1340. The summed E-state index contributed by atoms with van der Waals surface area (Å²) in [5, 5.41) is 5.42. The van der Waals surface area contributed by atoms with Gasteiger partial charge in [0, 0.05) is 30.6 Å². The van der Waals surface area contributed by atoms with Crippen LogP contribution in [0.1, 0.15) is 31.7 Å². The highest BCUT2D eigenvalue weighted by Crippen LogP contribution is 2.35. The first-order valence-corrected chi connectivity index (χ1v) is 13.5. The lowest BCUT2D eigenvalue weighted by molar-refractivity contribution is -0.136. The van der Waals surface area contributed by atoms with Crippen LogP contribution < -0.4 is 10.7 Å². The van der Waals surface area contributed by atoms with Crippen LogP contribution in [0.5, 0.6) is 0 Å². The lowest BCUT2D eigenvalue weighted by atomic mass is 10.1. The van der Waals surface area contributed by atoms with E-state index < -0.39 is 37.5 Å². The minimum absolute atomic E-state index is 0.0175. The third-order valence-corrected chi connectivity index (χ3v) is 6.15. The number of nitrogens with zero attached hydrogens (tertiary/aromatic N) is 2. The summed E-state index contributed by atoms with van der Waals surface area (Å²) in [7, 11) is -4.62. The van der Waals surface area contributed by atoms with E-state index in [9.17, 15) is 22.9 Å². The zero-order chi connectivity index (χ0) is 28.4. The molecule has 0 aliphatic rings. The monoisotopic (exact) mass is 566 g/mol. The molecule has 1 atom stereocenters. The summed E-state index contributed by atoms with van der Waals surface area (Å²) in [6.07, 6.45) is 1.57. The number of amides is 2. The number of rotatable bonds is 13. The van der Waals surface area contributed by atoms with Crippen molar-refractivity contribution in [3.63, 3.8) is 0 Å². The maximum absolute atomic E-state index is 14.1. The summed E-state index contributed by atoms with van der Waals surface area (Å²) in [5.41, 5.74) is 2.74. The number of carbonyl (C=O) groups excluding carboxylic acids is 2. The number of carbonyl (C=O) groups is 2. The number of aromatic nitrogens is 1. The Balaban J connectivity index is 1.65. The Labute approximate surface area is 223 Å². The Morgan fingerprint density at radius 1 is 1.10 bits per heavy atom. The van der Waals surface area contributed by atoms with E-state index in [1.165, 1.54) is 19.1 Å². The Morgan fingerprint density at radius 3 is 2.56 bits per heavy atom. The lowest BCUT2D eigenvalue weighted by Gasteiger charge is -2.31. The van der Waals surface area contributed by atoms with Crippen LogP contribution in [-0.4, -0.2) is 51.0 Å². The topological polar surface area (TPSA) is 150 Å². The second-order valence-corrected chi connectivity index (χ2v) is 9.79. The average molecular weight is 566 g/mol. The molecule has 0 spiro atoms. The number of phosphoric acid groups is 1. The molecule has 2 aromatic carbocycles. The molecule has 0 radical (unpaired) electrons. The van der Waals surface area contributed by atoms with Crippen LogP contribution >= 0.6 is 7.82 Å². The SMILES string of the molecule is CC(=O)N(NCc1cccc(F)c1F)[C@@H](CCCCOP(=O)(O)O)COC(=O)Nc1cc2ccccc2cn1. The van der Waals surface area contributed by atoms with Gasteiger partial charge >= 0.3 is 13.9 Å². The summed E-state index contributed by atoms with van der Waals surface area (Å²) in [5.74, 6) is -2.32. The van der Waals surface area contributed by atoms with Gasteiger partial charge in [-0.3, -0.25) is 19.6 Å². The molecule has 39 heavy (non-hydrogen) atoms. The van der Waals surface area contributed by atoms with Crippen LogP contribution in [-0.2, 0) is 25.2 Å². The molecule has 0 bridgehead atoms. The quantitative estimate of drug-likeness (QED) is 0.135. The van der Waals surface area contributed by atoms with Crippen molar-refractivity contribution in [3.05, 3.63) is 71.9 Å². The molecule has 4 N–H and O–H groups in total. The van der Waals surface area contributed by atoms with E-state index in [2.05, 4.69) is 20.3 Å². The number of hydrazine groups is 1. The van der Waals surface area contributed by atoms with E-state index in [0.717, 1.165) is 21.8 Å². The molecule has 11 nitrogen and oxygen atoms in total. The van der Waals surface area contributed by atoms with E-state index in [0.29, 0.717) is 6.42 Å². The van der Waals surface area contributed by atoms with Gasteiger partial charge in [-0.05, 0) is 36.8 Å². The van der Waals surface area contributed by atoms with Crippen molar-refractivity contribution in [1.82, 2.24) is 15.4 Å². The van der Waals surface area contributed by atoms with E-state index in [1.807, 2.05) is 24.3 Å². The van der Waals surface area contributed by atoms with Crippen molar-refractivity contribution in [1.29, 1.82) is 0 Å². The number of nitrogens with one attached hydrogen (secondary N) is 2. The van der Waals surface area contributed by atoms with Gasteiger partial charge in [-0.2, -0.15) is 0 Å². The average Bonchev–Trinajstić information content (AvgIpc) is 2.88. The normalized spacial score (nSPS) is 12.2. The summed E-state index contributed by atoms with van der Waals surface area (Å²) >= 11 is 0. The van der Waals surface area contributed by atoms with Crippen LogP contribution in [0.2, 0.25) is 0 Å². The number of phosphoric ester groups is 1. The Morgan fingerprint density at radius 2 is 1.85 bits per heavy atom. The molecule has 2 amide bonds. The number of anilines is 1. The molecular formula is C25H29F2N4O7P. The van der Waals surface area contributed by atoms with Gasteiger partial charge in [0.2, 0.25) is 5.91 Å². The van der Waals surface area contributed by atoms with E-state index >= 15 is 0 Å². The van der Waals surface area contributed by atoms with E-state index in [1.54, 1.807) is 12.3 Å². The van der Waals surface area contributed by atoms with Gasteiger partial charge in [0.15, 0.2) is 11.6 Å². The molecule has 210 valence electrons. The first-order valence-electron chi connectivity index (χ1n) is 12.0. The van der Waals surface area contributed by atoms with Crippen LogP contribution in [0.25, 0.3) is 10.8 Å². The number of halogens is 2. The molecule has 0 saturated heterocycles. The molecule has 1 heterocycles. The van der Waals surface area contributed by atoms with Crippen LogP contribution in [0, 0.1) is 11.6 Å². The van der Waals surface area contributed by atoms with Crippen molar-refractivity contribution in [3.8, 4) is 0 Å². The predicted molar refractivity (Wildman–Crippen MR) is 138 cm³/mol. The van der Waals surface area contributed by atoms with Gasteiger partial charge in [0.1, 0.15) is 12.4 Å². The number of benzene rings is 2. The molecule has 0 fully saturated rings. The minimum Gasteiger partial charge on any atom is -0.447 e. The summed E-state index contributed by atoms with van der Waals surface area (Å²) in [4.78, 5) is 46.8. The minimum atomic E-state index is -4.62. The van der Waals surface area contributed by atoms with Gasteiger partial charge < -0.3 is 14.5 Å². The zero-order valence-electron chi connectivity index (χ0n) is 21.0. The summed E-state index contributed by atoms with van der Waals surface area (Å²) in [6.45, 7) is 0.511. The first kappa shape index (κ1) is 30.1. The Hall–Kier alpha value is -3.48. The zero-order valence-corrected chi connectivity index (χ0v) is 21.9. The highest BCUT2D eigenvalue weighted by molar-refractivity contribution is 7.46. The summed E-state index contributed by atoms with van der Waals surface area (Å²) < 4.78 is 48.4. The highest BCUT2D eigenvalue weighted by atomic mass is 31.2. The number of hydrogen-bond acceptors (Lipinski definition) is 7. The third kappa shape index (κ3) is 9.65. The lowest BCUT2D eigenvalue weighted by Crippen LogP contribution is -2.50. The molecule has 3 rings (SSSR count). The molecule has 14 heteroatoms. The van der Waals surface area contributed by atoms with Crippen LogP contribution in [0.3, 0.4) is 0 Å². The van der Waals surface area contributed by atoms with Gasteiger partial charge in [-0.25, -0.2) is 28.6 Å². The van der Waals surface area contributed by atoms with E-state index in [-0.39, 0.29) is 44.0 Å². The molecule has 0 saturated carbocycles. The maximum Gasteiger partial charge on any atom is 0.469 e. The van der Waals surface area contributed by atoms with Gasteiger partial charge in [0.05, 0.1) is 12.6 Å². The molecule has 0 aliphatic carbocycles. The van der Waals surface area contributed by atoms with Crippen LogP contribution in [0.15, 0.2) is 54.7 Å². The molecule has 3 aromatic rings. The second-order valence-electron chi connectivity index (χ2n) is 8.55. The highest BCUT2D eigenvalue weighted by Gasteiger charge is 2.24. The van der Waals surface area contributed by atoms with Crippen molar-refractivity contribution in [2.24, 2.45) is 0 Å². The van der Waals surface area contributed by atoms with Gasteiger partial charge in [0.25, 0.3) is 0 Å². The smallest absolute Gasteiger partial charge is 0.447 e. The fourth-order valence-electron chi connectivity index (χ4n) is 3.77. The fourth-order valence-corrected chi connectivity index (χ4v) is 4.14. The molecule has 1 aromatic heterocycles. The number of hydrogen-bond donors (Lipinski definition) is 4. The van der Waals surface area contributed by atoms with E-state index in [4.69, 9.17) is 14.5 Å². The van der Waals surface area contributed by atoms with Crippen molar-refractivity contribution in [2.75, 3.05) is 18.5 Å². The Kier molecular flexibility index (Phi) is 10.8. The van der Waals surface area contributed by atoms with Crippen molar-refractivity contribution < 1.29 is 42.0 Å². The standard InChI is InChI=1S/C25H29F2N4O7P/c1-17(32)31(29-15-20-9-6-11-22(26)24(20)27)21(10-4-5-12-38-39(34,35)36)16-37-25(33)30-23-13-18-7-2-3-8-19(18)14-28-23/h2-3,6-9,11,13-14,21,29H,4-5,10,12,15-16H2,1H3,(H,28,30,33)(H2,34,35,36)/t21-/m0/s1. The molecule has 0 unspecified atom stereocenters. The maximum atomic E-state index is 14.1. The van der Waals surface area contributed by atoms with Crippen LogP contribution in [0.4, 0.5) is 19.4 Å². The van der Waals surface area contributed by atoms with Crippen molar-refractivity contribution in [2.45, 2.75) is 38.8 Å². The first-order chi connectivity index (χ1) is 18.5. The fraction of sp³-hybridized carbons (Fsp3) is 0.320. The van der Waals surface area contributed by atoms with Gasteiger partial charge in [-0.1, -0.05) is 36.4 Å². The third-order valence-electron chi connectivity index (χ3n) is 5.63. The number of ether oxygens (including phenoxy) is 1. The predicted octanol–water partition coefficient (Wildman–Crippen LogP) is 4.26. The molecular weight excluding hydrogens is 537 g/mol.